The van der Waals surface area contributed by atoms with Gasteiger partial charge in [-0.15, -0.1) is 0 Å². The second-order valence-electron chi connectivity index (χ2n) is 5.95. The molecule has 3 aromatic rings. The van der Waals surface area contributed by atoms with E-state index in [2.05, 4.69) is 4.74 Å². The van der Waals surface area contributed by atoms with Crippen molar-refractivity contribution < 1.29 is 35.5 Å². The molecule has 0 aliphatic carbocycles. The van der Waals surface area contributed by atoms with Gasteiger partial charge < -0.3 is 4.74 Å². The predicted octanol–water partition coefficient (Wildman–Crippen LogP) is 6.49. The molecule has 3 aromatic carbocycles. The summed E-state index contributed by atoms with van der Waals surface area (Å²) >= 11 is 0. The summed E-state index contributed by atoms with van der Waals surface area (Å²) in [5, 5.41) is 0. The summed E-state index contributed by atoms with van der Waals surface area (Å²) < 4.78 is 102. The van der Waals surface area contributed by atoms with Crippen LogP contribution in [0.3, 0.4) is 0 Å². The Bertz CT molecular complexity index is 1010. The van der Waals surface area contributed by atoms with Crippen molar-refractivity contribution in [1.29, 1.82) is 0 Å². The highest BCUT2D eigenvalue weighted by atomic mass is 19.3. The Labute approximate surface area is 155 Å². The van der Waals surface area contributed by atoms with Gasteiger partial charge in [0.05, 0.1) is 5.56 Å². The fourth-order valence-corrected chi connectivity index (χ4v) is 2.57. The van der Waals surface area contributed by atoms with Gasteiger partial charge in [-0.05, 0) is 36.2 Å². The van der Waals surface area contributed by atoms with Crippen LogP contribution in [0.4, 0.5) is 30.7 Å². The normalized spacial score (nSPS) is 11.6. The fourth-order valence-electron chi connectivity index (χ4n) is 2.57. The Balaban J connectivity index is 1.97. The first-order valence-electron chi connectivity index (χ1n) is 7.87. The van der Waals surface area contributed by atoms with Gasteiger partial charge in [0.15, 0.2) is 11.6 Å². The van der Waals surface area contributed by atoms with Crippen LogP contribution in [0.5, 0.6) is 5.75 Å². The third-order valence-electron chi connectivity index (χ3n) is 3.98. The predicted molar refractivity (Wildman–Crippen MR) is 87.4 cm³/mol. The van der Waals surface area contributed by atoms with Crippen LogP contribution in [-0.4, -0.2) is 0 Å². The van der Waals surface area contributed by atoms with Gasteiger partial charge >= 0.3 is 6.11 Å². The molecular formula is C20H11F7O. The minimum atomic E-state index is -4.39. The van der Waals surface area contributed by atoms with E-state index in [0.717, 1.165) is 30.3 Å². The molecule has 0 amide bonds. The molecule has 0 heterocycles. The van der Waals surface area contributed by atoms with E-state index < -0.39 is 52.1 Å². The van der Waals surface area contributed by atoms with Gasteiger partial charge in [0.2, 0.25) is 0 Å². The van der Waals surface area contributed by atoms with E-state index in [4.69, 9.17) is 0 Å². The molecule has 0 aliphatic heterocycles. The molecule has 0 aliphatic rings. The molecule has 0 saturated heterocycles. The zero-order valence-corrected chi connectivity index (χ0v) is 14.2. The third-order valence-corrected chi connectivity index (χ3v) is 3.98. The smallest absolute Gasteiger partial charge is 0.429 e. The number of rotatable bonds is 4. The second kappa shape index (κ2) is 7.18. The van der Waals surface area contributed by atoms with Gasteiger partial charge in [0.1, 0.15) is 28.8 Å². The standard InChI is InChI=1S/C20H11F7O/c1-10-2-7-14(19(25)18(10)24)20(26,27)28-13-8-15(22)17(16(23)9-13)11-3-5-12(21)6-4-11/h2-9H,1H3. The van der Waals surface area contributed by atoms with Crippen LogP contribution in [0.25, 0.3) is 11.1 Å². The number of benzene rings is 3. The lowest BCUT2D eigenvalue weighted by atomic mass is 10.0. The van der Waals surface area contributed by atoms with Crippen molar-refractivity contribution in [3.63, 3.8) is 0 Å². The molecule has 0 saturated carbocycles. The van der Waals surface area contributed by atoms with E-state index >= 15 is 0 Å². The van der Waals surface area contributed by atoms with Crippen molar-refractivity contribution in [2.24, 2.45) is 0 Å². The highest BCUT2D eigenvalue weighted by Crippen LogP contribution is 2.37. The first kappa shape index (κ1) is 19.7. The first-order valence-corrected chi connectivity index (χ1v) is 7.87. The van der Waals surface area contributed by atoms with Crippen LogP contribution in [0.1, 0.15) is 11.1 Å². The molecule has 0 atom stereocenters. The molecule has 0 aromatic heterocycles. The largest absolute Gasteiger partial charge is 0.429 e. The van der Waals surface area contributed by atoms with Crippen LogP contribution in [0, 0.1) is 36.0 Å². The number of ether oxygens (including phenoxy) is 1. The van der Waals surface area contributed by atoms with Crippen molar-refractivity contribution in [1.82, 2.24) is 0 Å². The van der Waals surface area contributed by atoms with Crippen molar-refractivity contribution in [3.05, 3.63) is 88.7 Å². The maximum atomic E-state index is 14.3. The summed E-state index contributed by atoms with van der Waals surface area (Å²) in [6, 6.07) is 6.64. The van der Waals surface area contributed by atoms with Crippen LogP contribution in [0.2, 0.25) is 0 Å². The van der Waals surface area contributed by atoms with Gasteiger partial charge in [-0.25, -0.2) is 22.0 Å². The Morgan fingerprint density at radius 1 is 0.750 bits per heavy atom. The lowest BCUT2D eigenvalue weighted by Gasteiger charge is -2.20. The van der Waals surface area contributed by atoms with Gasteiger partial charge in [-0.1, -0.05) is 18.2 Å². The van der Waals surface area contributed by atoms with Crippen LogP contribution < -0.4 is 4.74 Å². The van der Waals surface area contributed by atoms with Gasteiger partial charge in [0, 0.05) is 12.1 Å². The van der Waals surface area contributed by atoms with E-state index in [1.54, 1.807) is 0 Å². The lowest BCUT2D eigenvalue weighted by molar-refractivity contribution is -0.187. The minimum absolute atomic E-state index is 0.0265. The van der Waals surface area contributed by atoms with E-state index in [9.17, 15) is 30.7 Å². The van der Waals surface area contributed by atoms with E-state index in [1.807, 2.05) is 0 Å². The highest BCUT2D eigenvalue weighted by Gasteiger charge is 2.39. The van der Waals surface area contributed by atoms with Crippen molar-refractivity contribution in [2.45, 2.75) is 13.0 Å². The number of aryl methyl sites for hydroxylation is 1. The number of alkyl halides is 2. The summed E-state index contributed by atoms with van der Waals surface area (Å²) in [4.78, 5) is 0. The Morgan fingerprint density at radius 3 is 1.89 bits per heavy atom. The number of halogens is 7. The lowest BCUT2D eigenvalue weighted by Crippen LogP contribution is -2.24. The molecule has 8 heteroatoms. The maximum Gasteiger partial charge on any atom is 0.429 e. The Morgan fingerprint density at radius 2 is 1.32 bits per heavy atom. The minimum Gasteiger partial charge on any atom is -0.429 e. The van der Waals surface area contributed by atoms with Crippen LogP contribution >= 0.6 is 0 Å². The van der Waals surface area contributed by atoms with E-state index in [0.29, 0.717) is 18.2 Å². The molecule has 28 heavy (non-hydrogen) atoms. The van der Waals surface area contributed by atoms with E-state index in [1.165, 1.54) is 6.92 Å². The van der Waals surface area contributed by atoms with Gasteiger partial charge in [0.25, 0.3) is 0 Å². The summed E-state index contributed by atoms with van der Waals surface area (Å²) in [6.07, 6.45) is -4.39. The molecule has 0 radical (unpaired) electrons. The molecule has 3 rings (SSSR count). The van der Waals surface area contributed by atoms with E-state index in [-0.39, 0.29) is 11.1 Å². The Kier molecular flexibility index (Phi) is 5.06. The third kappa shape index (κ3) is 3.67. The van der Waals surface area contributed by atoms with Crippen LogP contribution in [0.15, 0.2) is 48.5 Å². The van der Waals surface area contributed by atoms with Crippen molar-refractivity contribution in [2.75, 3.05) is 0 Å². The zero-order chi connectivity index (χ0) is 20.6. The monoisotopic (exact) mass is 400 g/mol. The van der Waals surface area contributed by atoms with Gasteiger partial charge in [-0.3, -0.25) is 0 Å². The molecule has 0 N–H and O–H groups in total. The SMILES string of the molecule is Cc1ccc(C(F)(F)Oc2cc(F)c(-c3ccc(F)cc3)c(F)c2)c(F)c1F. The molecule has 0 fully saturated rings. The molecule has 146 valence electrons. The average molecular weight is 400 g/mol. The molecule has 0 unspecified atom stereocenters. The maximum absolute atomic E-state index is 14.3. The average Bonchev–Trinajstić information content (AvgIpc) is 2.60. The molecule has 1 nitrogen and oxygen atoms in total. The fraction of sp³-hybridized carbons (Fsp3) is 0.100. The Hall–Kier alpha value is -3.03. The number of hydrogen-bond acceptors (Lipinski definition) is 1. The highest BCUT2D eigenvalue weighted by molar-refractivity contribution is 5.65. The van der Waals surface area contributed by atoms with Crippen molar-refractivity contribution in [3.8, 4) is 16.9 Å². The van der Waals surface area contributed by atoms with Crippen LogP contribution in [-0.2, 0) is 6.11 Å². The summed E-state index contributed by atoms with van der Waals surface area (Å²) in [5.74, 6) is -7.39. The molecule has 0 bridgehead atoms. The topological polar surface area (TPSA) is 9.23 Å². The number of hydrogen-bond donors (Lipinski definition) is 0. The zero-order valence-electron chi connectivity index (χ0n) is 14.2. The summed E-state index contributed by atoms with van der Waals surface area (Å²) in [5.41, 5.74) is -2.22. The molecule has 0 spiro atoms. The summed E-state index contributed by atoms with van der Waals surface area (Å²) in [7, 11) is 0. The second-order valence-corrected chi connectivity index (χ2v) is 5.95. The van der Waals surface area contributed by atoms with Crippen molar-refractivity contribution >= 4 is 0 Å². The summed E-state index contributed by atoms with van der Waals surface area (Å²) in [6.45, 7) is 1.18. The van der Waals surface area contributed by atoms with Gasteiger partial charge in [-0.2, -0.15) is 8.78 Å². The molecular weight excluding hydrogens is 389 g/mol. The first-order chi connectivity index (χ1) is 13.1. The quantitative estimate of drug-likeness (QED) is 0.455.